The lowest BCUT2D eigenvalue weighted by Gasteiger charge is -2.10. The second-order valence-corrected chi connectivity index (χ2v) is 6.02. The van der Waals surface area contributed by atoms with Gasteiger partial charge in [-0.2, -0.15) is 5.10 Å². The van der Waals surface area contributed by atoms with Crippen LogP contribution in [-0.4, -0.2) is 23.1 Å². The summed E-state index contributed by atoms with van der Waals surface area (Å²) in [7, 11) is 0. The molecule has 1 unspecified atom stereocenters. The van der Waals surface area contributed by atoms with Gasteiger partial charge in [0.25, 0.3) is 0 Å². The maximum atomic E-state index is 13.1. The average Bonchev–Trinajstić information content (AvgIpc) is 2.89. The van der Waals surface area contributed by atoms with Crippen molar-refractivity contribution in [2.24, 2.45) is 16.0 Å². The third-order valence-electron chi connectivity index (χ3n) is 3.96. The molecule has 0 saturated heterocycles. The molecule has 1 aromatic heterocycles. The van der Waals surface area contributed by atoms with Crippen LogP contribution in [-0.2, 0) is 0 Å². The predicted molar refractivity (Wildman–Crippen MR) is 107 cm³/mol. The van der Waals surface area contributed by atoms with Crippen LogP contribution >= 0.6 is 0 Å². The molecule has 0 aliphatic carbocycles. The van der Waals surface area contributed by atoms with Gasteiger partial charge in [0.05, 0.1) is 5.69 Å². The number of aliphatic imine (C=N–C) groups is 1. The summed E-state index contributed by atoms with van der Waals surface area (Å²) >= 11 is 0. The van der Waals surface area contributed by atoms with Gasteiger partial charge in [-0.3, -0.25) is 10.4 Å². The Balaban J connectivity index is 2.02. The first kappa shape index (κ1) is 19.3. The van der Waals surface area contributed by atoms with E-state index in [1.54, 1.807) is 12.1 Å². The summed E-state index contributed by atoms with van der Waals surface area (Å²) in [6, 6.07) is 5.43. The Morgan fingerprint density at radius 2 is 2.27 bits per heavy atom. The van der Waals surface area contributed by atoms with Crippen molar-refractivity contribution in [1.29, 1.82) is 0 Å². The zero-order valence-electron chi connectivity index (χ0n) is 15.1. The number of nitrogens with zero attached hydrogens (tertiary/aromatic N) is 3. The lowest BCUT2D eigenvalue weighted by atomic mass is 10.0. The van der Waals surface area contributed by atoms with Crippen molar-refractivity contribution in [3.63, 3.8) is 0 Å². The van der Waals surface area contributed by atoms with Crippen LogP contribution < -0.4 is 11.2 Å². The van der Waals surface area contributed by atoms with Crippen LogP contribution in [0.4, 0.5) is 10.2 Å². The molecule has 0 aromatic carbocycles. The molecule has 0 fully saturated rings. The molecule has 0 bridgehead atoms. The van der Waals surface area contributed by atoms with Crippen LogP contribution in [0.1, 0.15) is 26.0 Å². The second-order valence-electron chi connectivity index (χ2n) is 6.02. The Morgan fingerprint density at radius 1 is 1.46 bits per heavy atom. The molecule has 1 aromatic rings. The summed E-state index contributed by atoms with van der Waals surface area (Å²) in [6.45, 7) is 7.98. The summed E-state index contributed by atoms with van der Waals surface area (Å²) < 4.78 is 13.1. The summed E-state index contributed by atoms with van der Waals surface area (Å²) in [5, 5.41) is 4.36. The number of hydrogen-bond donors (Lipinski definition) is 2. The fourth-order valence-electron chi connectivity index (χ4n) is 2.16. The summed E-state index contributed by atoms with van der Waals surface area (Å²) in [5.41, 5.74) is 11.2. The highest BCUT2D eigenvalue weighted by Gasteiger charge is 2.08. The van der Waals surface area contributed by atoms with E-state index in [0.29, 0.717) is 30.2 Å². The third-order valence-corrected chi connectivity index (χ3v) is 3.96. The van der Waals surface area contributed by atoms with Crippen molar-refractivity contribution in [2.75, 3.05) is 12.3 Å². The van der Waals surface area contributed by atoms with Crippen LogP contribution in [0, 0.1) is 5.92 Å². The minimum atomic E-state index is -0.351. The quantitative estimate of drug-likeness (QED) is 0.761. The van der Waals surface area contributed by atoms with Crippen molar-refractivity contribution in [3.8, 4) is 0 Å². The summed E-state index contributed by atoms with van der Waals surface area (Å²) in [5.74, 6) is 1.06. The van der Waals surface area contributed by atoms with Crippen LogP contribution in [0.25, 0.3) is 0 Å². The first-order chi connectivity index (χ1) is 12.5. The largest absolute Gasteiger partial charge is 0.384 e. The first-order valence-electron chi connectivity index (χ1n) is 8.42. The highest BCUT2D eigenvalue weighted by Crippen LogP contribution is 2.12. The monoisotopic (exact) mass is 353 g/mol. The molecule has 0 radical (unpaired) electrons. The van der Waals surface area contributed by atoms with Gasteiger partial charge in [-0.05, 0) is 43.2 Å². The summed E-state index contributed by atoms with van der Waals surface area (Å²) in [6.07, 6.45) is 8.88. The number of halogens is 1. The fourth-order valence-corrected chi connectivity index (χ4v) is 2.16. The van der Waals surface area contributed by atoms with Gasteiger partial charge in [-0.15, -0.1) is 0 Å². The third kappa shape index (κ3) is 5.81. The molecule has 1 atom stereocenters. The molecule has 26 heavy (non-hydrogen) atoms. The summed E-state index contributed by atoms with van der Waals surface area (Å²) in [4.78, 5) is 8.85. The van der Waals surface area contributed by atoms with Crippen molar-refractivity contribution >= 4 is 17.4 Å². The van der Waals surface area contributed by atoms with Gasteiger partial charge in [0.15, 0.2) is 0 Å². The molecule has 2 heterocycles. The van der Waals surface area contributed by atoms with E-state index >= 15 is 0 Å². The van der Waals surface area contributed by atoms with E-state index < -0.39 is 0 Å². The Labute approximate surface area is 153 Å². The number of amidine groups is 1. The fraction of sp³-hybridized carbons (Fsp3) is 0.250. The Hall–Kier alpha value is -3.02. The highest BCUT2D eigenvalue weighted by molar-refractivity contribution is 6.09. The number of nitrogens with one attached hydrogen (secondary N) is 1. The van der Waals surface area contributed by atoms with Crippen molar-refractivity contribution < 1.29 is 4.39 Å². The van der Waals surface area contributed by atoms with Crippen molar-refractivity contribution in [2.45, 2.75) is 20.3 Å². The van der Waals surface area contributed by atoms with E-state index in [0.717, 1.165) is 11.4 Å². The standard InChI is InChI=1S/C20H24FN5/c1-4-16(21)12-11-14(2)15(3)13-23-20-10-6-8-18(25-26-20)17-7-5-9-19(22)24-17/h4-9,11-12,15H,1,10,13H2,2-3H3,(H2,22,24)(H,23,26)/b14-11+,16-12+. The molecule has 6 heteroatoms. The first-order valence-corrected chi connectivity index (χ1v) is 8.42. The number of nitrogen functional groups attached to an aromatic ring is 1. The Morgan fingerprint density at radius 3 is 3.00 bits per heavy atom. The van der Waals surface area contributed by atoms with E-state index in [1.807, 2.05) is 38.1 Å². The van der Waals surface area contributed by atoms with Gasteiger partial charge in [-0.1, -0.05) is 37.3 Å². The van der Waals surface area contributed by atoms with Gasteiger partial charge in [0, 0.05) is 13.0 Å². The maximum absolute atomic E-state index is 13.1. The normalized spacial score (nSPS) is 18.1. The molecule has 1 aliphatic heterocycles. The smallest absolute Gasteiger partial charge is 0.124 e. The van der Waals surface area contributed by atoms with Crippen molar-refractivity contribution in [1.82, 2.24) is 10.4 Å². The zero-order chi connectivity index (χ0) is 18.9. The van der Waals surface area contributed by atoms with Gasteiger partial charge in [0.2, 0.25) is 0 Å². The minimum absolute atomic E-state index is 0.185. The van der Waals surface area contributed by atoms with E-state index in [2.05, 4.69) is 27.1 Å². The van der Waals surface area contributed by atoms with E-state index in [1.165, 1.54) is 12.2 Å². The molecule has 2 rings (SSSR count). The number of nitrogens with two attached hydrogens (primary N) is 1. The van der Waals surface area contributed by atoms with Crippen LogP contribution in [0.15, 0.2) is 76.7 Å². The lowest BCUT2D eigenvalue weighted by molar-refractivity contribution is 0.665. The second kappa shape index (κ2) is 9.46. The topological polar surface area (TPSA) is 75.7 Å². The SMILES string of the molecule is C=C/C(F)=C\C=C(/C)C(C)CN=C1CC=CC(c2cccc(N)n2)=NN1. The van der Waals surface area contributed by atoms with Crippen LogP contribution in [0.2, 0.25) is 0 Å². The predicted octanol–water partition coefficient (Wildman–Crippen LogP) is 3.94. The lowest BCUT2D eigenvalue weighted by Crippen LogP contribution is -2.19. The molecule has 0 saturated carbocycles. The van der Waals surface area contributed by atoms with E-state index in [-0.39, 0.29) is 11.7 Å². The molecule has 0 amide bonds. The molecule has 136 valence electrons. The molecule has 0 spiro atoms. The number of pyridine rings is 1. The van der Waals surface area contributed by atoms with E-state index in [4.69, 9.17) is 5.73 Å². The van der Waals surface area contributed by atoms with Crippen LogP contribution in [0.3, 0.4) is 0 Å². The number of hydrogen-bond acceptors (Lipinski definition) is 4. The number of hydrazone groups is 1. The number of rotatable bonds is 6. The van der Waals surface area contributed by atoms with Gasteiger partial charge < -0.3 is 5.73 Å². The minimum Gasteiger partial charge on any atom is -0.384 e. The zero-order valence-corrected chi connectivity index (χ0v) is 15.1. The average molecular weight is 353 g/mol. The molecule has 1 aliphatic rings. The molecular weight excluding hydrogens is 329 g/mol. The van der Waals surface area contributed by atoms with Gasteiger partial charge in [-0.25, -0.2) is 9.37 Å². The van der Waals surface area contributed by atoms with Crippen molar-refractivity contribution in [3.05, 3.63) is 72.3 Å². The molecular formula is C20H24FN5. The Kier molecular flexibility index (Phi) is 7.02. The molecule has 3 N–H and O–H groups in total. The Bertz CT molecular complexity index is 802. The van der Waals surface area contributed by atoms with Crippen LogP contribution in [0.5, 0.6) is 0 Å². The van der Waals surface area contributed by atoms with Gasteiger partial charge in [0.1, 0.15) is 23.2 Å². The number of aromatic nitrogens is 1. The van der Waals surface area contributed by atoms with E-state index in [9.17, 15) is 4.39 Å². The maximum Gasteiger partial charge on any atom is 0.124 e. The number of anilines is 1. The molecule has 5 nitrogen and oxygen atoms in total. The highest BCUT2D eigenvalue weighted by atomic mass is 19.1. The number of allylic oxidation sites excluding steroid dienone is 5. The van der Waals surface area contributed by atoms with Gasteiger partial charge >= 0.3 is 0 Å².